The van der Waals surface area contributed by atoms with Gasteiger partial charge < -0.3 is 4.84 Å². The number of hydrogen-bond donors (Lipinski definition) is 1. The Kier molecular flexibility index (Phi) is 4.51. The molecule has 5 rings (SSSR count). The van der Waals surface area contributed by atoms with Crippen molar-refractivity contribution in [3.05, 3.63) is 17.3 Å². The molecule has 3 aliphatic carbocycles. The Morgan fingerprint density at radius 3 is 2.76 bits per heavy atom. The summed E-state index contributed by atoms with van der Waals surface area (Å²) in [6.07, 6.45) is 6.70. The Morgan fingerprint density at radius 2 is 2.12 bits per heavy atom. The van der Waals surface area contributed by atoms with Gasteiger partial charge >= 0.3 is 5.97 Å². The lowest BCUT2D eigenvalue weighted by Crippen LogP contribution is -2.37. The molecule has 3 fully saturated rings. The van der Waals surface area contributed by atoms with E-state index in [-0.39, 0.29) is 28.7 Å². The molecule has 3 saturated carbocycles. The molecule has 1 unspecified atom stereocenters. The molecular weight excluding hydrogens is 369 g/mol. The Hall–Kier alpha value is -1.87. The summed E-state index contributed by atoms with van der Waals surface area (Å²) in [7, 11) is 0. The fraction of sp³-hybridized carbons (Fsp3) is 0.533. The van der Waals surface area contributed by atoms with E-state index in [1.54, 1.807) is 0 Å². The number of carbonyl (C=O) groups excluding carboxylic acids is 1. The summed E-state index contributed by atoms with van der Waals surface area (Å²) in [5.41, 5.74) is 2.28. The van der Waals surface area contributed by atoms with Gasteiger partial charge in [0.1, 0.15) is 5.69 Å². The maximum absolute atomic E-state index is 14.6. The van der Waals surface area contributed by atoms with Crippen molar-refractivity contribution in [3.63, 3.8) is 0 Å². The third-order valence-electron chi connectivity index (χ3n) is 5.02. The number of carbonyl (C=O) groups is 1. The van der Waals surface area contributed by atoms with Crippen LogP contribution in [0, 0.1) is 23.6 Å². The van der Waals surface area contributed by atoms with Gasteiger partial charge in [-0.1, -0.05) is 17.3 Å². The van der Waals surface area contributed by atoms with Gasteiger partial charge in [0.05, 0.1) is 17.0 Å². The van der Waals surface area contributed by atoms with E-state index in [1.165, 1.54) is 19.0 Å². The summed E-state index contributed by atoms with van der Waals surface area (Å²) < 4.78 is 18.2. The average Bonchev–Trinajstić information content (AvgIpc) is 3.17. The monoisotopic (exact) mass is 383 g/mol. The predicted octanol–water partition coefficient (Wildman–Crippen LogP) is 3.48. The number of anilines is 1. The number of rotatable bonds is 4. The number of fused-ring (bicyclic) bond motifs is 3. The third kappa shape index (κ3) is 3.30. The lowest BCUT2D eigenvalue weighted by molar-refractivity contribution is -0.151. The second-order valence-corrected chi connectivity index (χ2v) is 7.56. The minimum atomic E-state index is -0.770. The lowest BCUT2D eigenvalue weighted by atomic mass is 9.65. The summed E-state index contributed by atoms with van der Waals surface area (Å²) in [6.45, 7) is 0. The van der Waals surface area contributed by atoms with Crippen molar-refractivity contribution in [1.29, 1.82) is 0 Å². The van der Waals surface area contributed by atoms with E-state index in [2.05, 4.69) is 25.0 Å². The number of halogens is 2. The first-order chi connectivity index (χ1) is 12.1. The second kappa shape index (κ2) is 6.80. The van der Waals surface area contributed by atoms with Crippen molar-refractivity contribution in [1.82, 2.24) is 19.6 Å². The van der Waals surface area contributed by atoms with Gasteiger partial charge in [-0.2, -0.15) is 10.5 Å². The molecule has 2 heterocycles. The van der Waals surface area contributed by atoms with Crippen LogP contribution < -0.4 is 5.48 Å². The molecule has 25 heavy (non-hydrogen) atoms. The van der Waals surface area contributed by atoms with E-state index in [0.717, 1.165) is 30.8 Å². The molecule has 0 aromatic carbocycles. The quantitative estimate of drug-likeness (QED) is 0.638. The van der Waals surface area contributed by atoms with Gasteiger partial charge in [-0.3, -0.25) is 0 Å². The highest BCUT2D eigenvalue weighted by atomic mass is 35.5. The van der Waals surface area contributed by atoms with Crippen LogP contribution in [0.3, 0.4) is 0 Å². The lowest BCUT2D eigenvalue weighted by Gasteiger charge is -2.40. The summed E-state index contributed by atoms with van der Waals surface area (Å²) in [6, 6.07) is 0. The summed E-state index contributed by atoms with van der Waals surface area (Å²) in [4.78, 5) is 25.5. The zero-order valence-electron chi connectivity index (χ0n) is 13.1. The van der Waals surface area contributed by atoms with E-state index in [0.29, 0.717) is 16.7 Å². The molecule has 0 radical (unpaired) electrons. The summed E-state index contributed by atoms with van der Waals surface area (Å²) in [5.74, 6) is -0.601. The molecule has 132 valence electrons. The Morgan fingerprint density at radius 1 is 1.32 bits per heavy atom. The van der Waals surface area contributed by atoms with Crippen LogP contribution in [0.5, 0.6) is 0 Å². The average molecular weight is 384 g/mol. The fourth-order valence-corrected chi connectivity index (χ4v) is 4.43. The molecule has 2 aromatic rings. The van der Waals surface area contributed by atoms with Gasteiger partial charge in [0.25, 0.3) is 0 Å². The Bertz CT molecular complexity index is 782. The maximum Gasteiger partial charge on any atom is 0.335 e. The standard InChI is InChI=1S/C15H15ClFN5O2S/c16-15-19-12(10-6-18-22-25-10)11(17)13(20-15)21-24-14(23)9-5-7-1-3-8(9)4-2-7/h6-9H,1-5H2,(H,19,20,21). The van der Waals surface area contributed by atoms with Gasteiger partial charge in [0.2, 0.25) is 11.1 Å². The zero-order valence-corrected chi connectivity index (χ0v) is 14.7. The molecule has 7 nitrogen and oxygen atoms in total. The van der Waals surface area contributed by atoms with Crippen LogP contribution in [0.1, 0.15) is 32.1 Å². The minimum absolute atomic E-state index is 0.0368. The zero-order chi connectivity index (χ0) is 17.4. The van der Waals surface area contributed by atoms with Gasteiger partial charge in [-0.15, -0.1) is 5.10 Å². The smallest absolute Gasteiger partial charge is 0.335 e. The van der Waals surface area contributed by atoms with Crippen molar-refractivity contribution in [3.8, 4) is 10.6 Å². The SMILES string of the molecule is O=C(ONc1nc(Cl)nc(-c2cnns2)c1F)C1CC2CCC1CC2. The maximum atomic E-state index is 14.6. The van der Waals surface area contributed by atoms with Crippen LogP contribution in [-0.2, 0) is 9.63 Å². The second-order valence-electron chi connectivity index (χ2n) is 6.43. The first-order valence-corrected chi connectivity index (χ1v) is 9.24. The van der Waals surface area contributed by atoms with Crippen molar-refractivity contribution in [2.24, 2.45) is 17.8 Å². The number of aromatic nitrogens is 4. The largest absolute Gasteiger partial charge is 0.342 e. The van der Waals surface area contributed by atoms with Crippen LogP contribution in [0.2, 0.25) is 5.28 Å². The molecule has 0 aliphatic heterocycles. The molecule has 0 amide bonds. The highest BCUT2D eigenvalue weighted by Gasteiger charge is 2.40. The molecule has 0 spiro atoms. The van der Waals surface area contributed by atoms with Crippen LogP contribution in [0.4, 0.5) is 10.2 Å². The van der Waals surface area contributed by atoms with E-state index >= 15 is 0 Å². The van der Waals surface area contributed by atoms with Gasteiger partial charge in [0.15, 0.2) is 5.82 Å². The van der Waals surface area contributed by atoms with Crippen molar-refractivity contribution >= 4 is 34.9 Å². The van der Waals surface area contributed by atoms with Crippen LogP contribution in [0.15, 0.2) is 6.20 Å². The number of nitrogens with one attached hydrogen (secondary N) is 1. The highest BCUT2D eigenvalue weighted by Crippen LogP contribution is 2.45. The first kappa shape index (κ1) is 16.6. The Labute approximate surface area is 152 Å². The highest BCUT2D eigenvalue weighted by molar-refractivity contribution is 7.09. The van der Waals surface area contributed by atoms with Crippen molar-refractivity contribution < 1.29 is 14.0 Å². The summed E-state index contributed by atoms with van der Waals surface area (Å²) >= 11 is 6.83. The van der Waals surface area contributed by atoms with Crippen LogP contribution in [0.25, 0.3) is 10.6 Å². The number of nitrogens with zero attached hydrogens (tertiary/aromatic N) is 4. The van der Waals surface area contributed by atoms with Crippen molar-refractivity contribution in [2.45, 2.75) is 32.1 Å². The normalized spacial score (nSPS) is 25.0. The Balaban J connectivity index is 1.48. The third-order valence-corrected chi connectivity index (χ3v) is 5.86. The predicted molar refractivity (Wildman–Crippen MR) is 89.2 cm³/mol. The number of hydrogen-bond acceptors (Lipinski definition) is 8. The molecule has 1 N–H and O–H groups in total. The van der Waals surface area contributed by atoms with Gasteiger partial charge in [-0.25, -0.2) is 14.2 Å². The molecule has 10 heteroatoms. The molecule has 2 bridgehead atoms. The topological polar surface area (TPSA) is 89.9 Å². The molecular formula is C15H15ClFN5O2S. The molecule has 2 aromatic heterocycles. The van der Waals surface area contributed by atoms with E-state index in [1.807, 2.05) is 0 Å². The van der Waals surface area contributed by atoms with E-state index in [4.69, 9.17) is 16.4 Å². The van der Waals surface area contributed by atoms with E-state index < -0.39 is 5.82 Å². The molecule has 3 aliphatic rings. The van der Waals surface area contributed by atoms with Gasteiger partial charge in [-0.05, 0) is 54.2 Å². The van der Waals surface area contributed by atoms with Crippen LogP contribution >= 0.6 is 23.1 Å². The summed E-state index contributed by atoms with van der Waals surface area (Å²) in [5, 5.41) is 3.48. The molecule has 1 atom stereocenters. The molecule has 0 saturated heterocycles. The van der Waals surface area contributed by atoms with Crippen molar-refractivity contribution in [2.75, 3.05) is 5.48 Å². The minimum Gasteiger partial charge on any atom is -0.342 e. The fourth-order valence-electron chi connectivity index (χ4n) is 3.76. The first-order valence-electron chi connectivity index (χ1n) is 8.09. The van der Waals surface area contributed by atoms with Gasteiger partial charge in [0, 0.05) is 0 Å². The van der Waals surface area contributed by atoms with Crippen LogP contribution in [-0.4, -0.2) is 25.5 Å². The van der Waals surface area contributed by atoms with E-state index in [9.17, 15) is 9.18 Å².